The number of carbonyl (C=O) groups is 1. The molecule has 1 unspecified atom stereocenters. The van der Waals surface area contributed by atoms with Gasteiger partial charge in [-0.25, -0.2) is 4.98 Å². The molecule has 0 bridgehead atoms. The molecule has 2 aromatic rings. The maximum atomic E-state index is 12.6. The number of esters is 1. The summed E-state index contributed by atoms with van der Waals surface area (Å²) in [4.78, 5) is 21.4. The van der Waals surface area contributed by atoms with Crippen molar-refractivity contribution in [3.63, 3.8) is 0 Å². The first-order chi connectivity index (χ1) is 16.1. The number of benzene rings is 1. The minimum atomic E-state index is -0.543. The van der Waals surface area contributed by atoms with E-state index in [4.69, 9.17) is 20.5 Å². The van der Waals surface area contributed by atoms with Crippen LogP contribution in [0.2, 0.25) is 0 Å². The van der Waals surface area contributed by atoms with Crippen molar-refractivity contribution >= 4 is 17.7 Å². The highest BCUT2D eigenvalue weighted by molar-refractivity contribution is 5.71. The van der Waals surface area contributed by atoms with Crippen LogP contribution in [0.3, 0.4) is 0 Å². The van der Waals surface area contributed by atoms with E-state index in [1.807, 2.05) is 45.9 Å². The number of hydrogen-bond acceptors (Lipinski definition) is 8. The predicted octanol–water partition coefficient (Wildman–Crippen LogP) is 4.74. The highest BCUT2D eigenvalue weighted by atomic mass is 16.6. The Morgan fingerprint density at radius 2 is 2.03 bits per heavy atom. The lowest BCUT2D eigenvalue weighted by Crippen LogP contribution is -2.30. The van der Waals surface area contributed by atoms with E-state index in [-0.39, 0.29) is 24.4 Å². The molecule has 0 aliphatic heterocycles. The third-order valence-corrected chi connectivity index (χ3v) is 5.31. The van der Waals surface area contributed by atoms with Crippen molar-refractivity contribution < 1.29 is 14.3 Å². The lowest BCUT2D eigenvalue weighted by molar-refractivity contribution is -0.155. The zero-order valence-corrected chi connectivity index (χ0v) is 21.2. The van der Waals surface area contributed by atoms with Crippen molar-refractivity contribution in [2.45, 2.75) is 84.8 Å². The van der Waals surface area contributed by atoms with Gasteiger partial charge in [0.25, 0.3) is 0 Å². The second-order valence-corrected chi connectivity index (χ2v) is 9.43. The Balaban J connectivity index is 2.39. The van der Waals surface area contributed by atoms with Gasteiger partial charge in [0.05, 0.1) is 26.0 Å². The van der Waals surface area contributed by atoms with Crippen molar-refractivity contribution in [3.05, 3.63) is 40.6 Å². The molecule has 1 aromatic carbocycles. The molecule has 1 atom stereocenters. The number of nitrogens with two attached hydrogens (primary N) is 1. The monoisotopic (exact) mass is 467 g/mol. The van der Waals surface area contributed by atoms with Crippen LogP contribution in [0.1, 0.15) is 75.8 Å². The lowest BCUT2D eigenvalue weighted by atomic mass is 9.99. The van der Waals surface area contributed by atoms with Gasteiger partial charge in [-0.15, -0.1) is 0 Å². The number of nitrogen functional groups attached to an aromatic ring is 1. The van der Waals surface area contributed by atoms with Gasteiger partial charge in [-0.3, -0.25) is 4.79 Å². The fourth-order valence-corrected chi connectivity index (χ4v) is 3.76. The normalized spacial score (nSPS) is 12.0. The number of nitriles is 1. The van der Waals surface area contributed by atoms with Gasteiger partial charge in [-0.1, -0.05) is 31.9 Å². The molecule has 0 radical (unpaired) electrons. The van der Waals surface area contributed by atoms with E-state index in [0.717, 1.165) is 47.4 Å². The van der Waals surface area contributed by atoms with E-state index in [1.165, 1.54) is 0 Å². The Bertz CT molecular complexity index is 1020. The summed E-state index contributed by atoms with van der Waals surface area (Å²) in [5.74, 6) is 1.23. The molecule has 0 saturated carbocycles. The average Bonchev–Trinajstić information content (AvgIpc) is 2.73. The van der Waals surface area contributed by atoms with Crippen molar-refractivity contribution in [2.75, 3.05) is 18.2 Å². The first-order valence-electron chi connectivity index (χ1n) is 11.7. The molecule has 3 N–H and O–H groups in total. The fourth-order valence-electron chi connectivity index (χ4n) is 3.76. The third kappa shape index (κ3) is 8.22. The largest absolute Gasteiger partial charge is 0.496 e. The van der Waals surface area contributed by atoms with Crippen LogP contribution in [0.15, 0.2) is 18.2 Å². The predicted molar refractivity (Wildman–Crippen MR) is 134 cm³/mol. The summed E-state index contributed by atoms with van der Waals surface area (Å²) in [5.41, 5.74) is 8.89. The average molecular weight is 468 g/mol. The maximum Gasteiger partial charge on any atom is 0.308 e. The summed E-state index contributed by atoms with van der Waals surface area (Å²) in [6.07, 6.45) is 3.78. The number of carbonyl (C=O) groups excluding carboxylic acids is 1. The zero-order valence-electron chi connectivity index (χ0n) is 21.2. The number of nitrogens with zero attached hydrogens (tertiary/aromatic N) is 3. The second kappa shape index (κ2) is 12.2. The Morgan fingerprint density at radius 3 is 2.65 bits per heavy atom. The van der Waals surface area contributed by atoms with Crippen molar-refractivity contribution in [3.8, 4) is 11.8 Å². The van der Waals surface area contributed by atoms with Gasteiger partial charge in [0.15, 0.2) is 0 Å². The fraction of sp³-hybridized carbons (Fsp3) is 0.538. The van der Waals surface area contributed by atoms with Crippen LogP contribution in [0.25, 0.3) is 0 Å². The Hall–Kier alpha value is -3.34. The highest BCUT2D eigenvalue weighted by Gasteiger charge is 2.23. The molecule has 0 amide bonds. The first kappa shape index (κ1) is 26.9. The van der Waals surface area contributed by atoms with E-state index in [1.54, 1.807) is 7.11 Å². The number of aromatic nitrogens is 2. The standard InChI is InChI=1S/C26H37N5O3/c1-7-8-9-20(16-23(32)34-26(3,4)5)30-24-21(17(2)29-25(28)31-24)15-19-14-18(12-13-27)10-11-22(19)33-6/h10-11,14,20H,7-9,12,15-16H2,1-6H3,(H3,28,29,30,31). The molecule has 0 aliphatic rings. The van der Waals surface area contributed by atoms with Crippen molar-refractivity contribution in [1.29, 1.82) is 5.26 Å². The topological polar surface area (TPSA) is 123 Å². The Kier molecular flexibility index (Phi) is 9.67. The number of methoxy groups -OCH3 is 1. The molecule has 184 valence electrons. The molecule has 1 heterocycles. The lowest BCUT2D eigenvalue weighted by Gasteiger charge is -2.24. The molecule has 8 heteroatoms. The van der Waals surface area contributed by atoms with E-state index < -0.39 is 5.60 Å². The first-order valence-corrected chi connectivity index (χ1v) is 11.7. The molecule has 0 aliphatic carbocycles. The van der Waals surface area contributed by atoms with Gasteiger partial charge >= 0.3 is 5.97 Å². The second-order valence-electron chi connectivity index (χ2n) is 9.43. The minimum absolute atomic E-state index is 0.158. The molecular formula is C26H37N5O3. The van der Waals surface area contributed by atoms with Crippen LogP contribution >= 0.6 is 0 Å². The van der Waals surface area contributed by atoms with Gasteiger partial charge in [-0.05, 0) is 51.3 Å². The Labute approximate surface area is 202 Å². The van der Waals surface area contributed by atoms with Crippen LogP contribution in [-0.2, 0) is 22.4 Å². The van der Waals surface area contributed by atoms with Crippen LogP contribution in [-0.4, -0.2) is 34.7 Å². The maximum absolute atomic E-state index is 12.6. The third-order valence-electron chi connectivity index (χ3n) is 5.31. The van der Waals surface area contributed by atoms with E-state index in [9.17, 15) is 4.79 Å². The van der Waals surface area contributed by atoms with Gasteiger partial charge in [0, 0.05) is 23.7 Å². The summed E-state index contributed by atoms with van der Waals surface area (Å²) in [5, 5.41) is 12.5. The van der Waals surface area contributed by atoms with Gasteiger partial charge < -0.3 is 20.5 Å². The molecule has 1 aromatic heterocycles. The van der Waals surface area contributed by atoms with E-state index >= 15 is 0 Å². The zero-order chi connectivity index (χ0) is 25.3. The molecule has 0 spiro atoms. The van der Waals surface area contributed by atoms with E-state index in [0.29, 0.717) is 18.7 Å². The highest BCUT2D eigenvalue weighted by Crippen LogP contribution is 2.29. The summed E-state index contributed by atoms with van der Waals surface area (Å²) in [6.45, 7) is 9.59. The number of rotatable bonds is 11. The van der Waals surface area contributed by atoms with E-state index in [2.05, 4.69) is 28.3 Å². The molecule has 34 heavy (non-hydrogen) atoms. The molecule has 0 fully saturated rings. The van der Waals surface area contributed by atoms with Crippen LogP contribution < -0.4 is 15.8 Å². The van der Waals surface area contributed by atoms with Crippen LogP contribution in [0.4, 0.5) is 11.8 Å². The van der Waals surface area contributed by atoms with Gasteiger partial charge in [-0.2, -0.15) is 10.2 Å². The van der Waals surface area contributed by atoms with Gasteiger partial charge in [0.2, 0.25) is 5.95 Å². The van der Waals surface area contributed by atoms with Crippen molar-refractivity contribution in [1.82, 2.24) is 9.97 Å². The number of aryl methyl sites for hydroxylation is 1. The van der Waals surface area contributed by atoms with Crippen LogP contribution in [0.5, 0.6) is 5.75 Å². The number of hydrogen-bond donors (Lipinski definition) is 2. The smallest absolute Gasteiger partial charge is 0.308 e. The minimum Gasteiger partial charge on any atom is -0.496 e. The van der Waals surface area contributed by atoms with Gasteiger partial charge in [0.1, 0.15) is 17.2 Å². The number of ether oxygens (including phenoxy) is 2. The molecule has 0 saturated heterocycles. The van der Waals surface area contributed by atoms with Crippen LogP contribution in [0, 0.1) is 18.3 Å². The van der Waals surface area contributed by atoms with Crippen molar-refractivity contribution in [2.24, 2.45) is 0 Å². The number of anilines is 2. The number of unbranched alkanes of at least 4 members (excludes halogenated alkanes) is 1. The SMILES string of the molecule is CCCCC(CC(=O)OC(C)(C)C)Nc1nc(N)nc(C)c1Cc1cc(CC#N)ccc1OC. The summed E-state index contributed by atoms with van der Waals surface area (Å²) in [6, 6.07) is 7.75. The Morgan fingerprint density at radius 1 is 1.29 bits per heavy atom. The number of nitrogens with one attached hydrogen (secondary N) is 1. The molecule has 8 nitrogen and oxygen atoms in total. The summed E-state index contributed by atoms with van der Waals surface area (Å²) >= 11 is 0. The molecular weight excluding hydrogens is 430 g/mol. The summed E-state index contributed by atoms with van der Waals surface area (Å²) < 4.78 is 11.1. The summed E-state index contributed by atoms with van der Waals surface area (Å²) in [7, 11) is 1.62. The quantitative estimate of drug-likeness (QED) is 0.454. The molecule has 2 rings (SSSR count).